The van der Waals surface area contributed by atoms with Crippen molar-refractivity contribution in [3.63, 3.8) is 0 Å². The van der Waals surface area contributed by atoms with Crippen LogP contribution in [0.2, 0.25) is 0 Å². The molecule has 0 bridgehead atoms. The van der Waals surface area contributed by atoms with Gasteiger partial charge in [0.2, 0.25) is 0 Å². The molecule has 0 radical (unpaired) electrons. The normalized spacial score (nSPS) is 11.7. The molecule has 1 heterocycles. The number of halogens is 6. The van der Waals surface area contributed by atoms with Gasteiger partial charge in [0.05, 0.1) is 10.8 Å². The number of hydrogen-bond donors (Lipinski definition) is 0. The Morgan fingerprint density at radius 2 is 1.16 bits per heavy atom. The molecular weight excluding hydrogens is 294 g/mol. The summed E-state index contributed by atoms with van der Waals surface area (Å²) in [5.41, 5.74) is -0.561. The minimum atomic E-state index is -2.22. The van der Waals surface area contributed by atoms with Crippen molar-refractivity contribution >= 4 is 32.5 Å². The highest BCUT2D eigenvalue weighted by atomic mass is 32.1. The van der Waals surface area contributed by atoms with Gasteiger partial charge in [0, 0.05) is 0 Å². The largest absolute Gasteiger partial charge is 0.203 e. The van der Waals surface area contributed by atoms with Crippen molar-refractivity contribution in [1.29, 1.82) is 0 Å². The molecule has 0 saturated heterocycles. The SMILES string of the molecule is Fc1c(F)c(F)c2c(c1F)c(F)c(F)c1snnc12. The maximum absolute atomic E-state index is 13.6. The van der Waals surface area contributed by atoms with Crippen LogP contribution in [0.25, 0.3) is 21.0 Å². The zero-order valence-corrected chi connectivity index (χ0v) is 9.39. The summed E-state index contributed by atoms with van der Waals surface area (Å²) in [7, 11) is 0. The molecule has 19 heavy (non-hydrogen) atoms. The molecule has 0 spiro atoms. The molecule has 0 unspecified atom stereocenters. The predicted octanol–water partition coefficient (Wildman–Crippen LogP) is 3.68. The molecule has 0 aliphatic carbocycles. The lowest BCUT2D eigenvalue weighted by Crippen LogP contribution is -2.02. The van der Waals surface area contributed by atoms with Gasteiger partial charge in [0.1, 0.15) is 10.2 Å². The molecule has 0 aliphatic heterocycles. The van der Waals surface area contributed by atoms with E-state index in [-0.39, 0.29) is 0 Å². The number of nitrogens with zero attached hydrogens (tertiary/aromatic N) is 2. The Labute approximate surface area is 104 Å². The molecule has 2 nitrogen and oxygen atoms in total. The van der Waals surface area contributed by atoms with Crippen LogP contribution < -0.4 is 0 Å². The number of hydrogen-bond acceptors (Lipinski definition) is 3. The van der Waals surface area contributed by atoms with Crippen LogP contribution in [0, 0.1) is 34.9 Å². The second kappa shape index (κ2) is 3.80. The van der Waals surface area contributed by atoms with Gasteiger partial charge in [-0.15, -0.1) is 5.10 Å². The van der Waals surface area contributed by atoms with Crippen LogP contribution in [0.1, 0.15) is 0 Å². The summed E-state index contributed by atoms with van der Waals surface area (Å²) >= 11 is 0.386. The topological polar surface area (TPSA) is 25.8 Å². The van der Waals surface area contributed by atoms with Gasteiger partial charge in [-0.2, -0.15) is 0 Å². The quantitative estimate of drug-likeness (QED) is 0.359. The van der Waals surface area contributed by atoms with Crippen molar-refractivity contribution in [1.82, 2.24) is 9.59 Å². The van der Waals surface area contributed by atoms with E-state index in [2.05, 4.69) is 9.59 Å². The first-order valence-corrected chi connectivity index (χ1v) is 5.47. The molecule has 0 saturated carbocycles. The molecule has 0 aliphatic rings. The molecular formula is C10F6N2S. The minimum Gasteiger partial charge on any atom is -0.203 e. The first-order chi connectivity index (χ1) is 8.95. The van der Waals surface area contributed by atoms with Crippen LogP contribution in [-0.2, 0) is 0 Å². The monoisotopic (exact) mass is 294 g/mol. The van der Waals surface area contributed by atoms with E-state index in [0.29, 0.717) is 11.5 Å². The van der Waals surface area contributed by atoms with Crippen LogP contribution in [0.5, 0.6) is 0 Å². The summed E-state index contributed by atoms with van der Waals surface area (Å²) in [4.78, 5) is 0. The van der Waals surface area contributed by atoms with Gasteiger partial charge in [-0.3, -0.25) is 0 Å². The lowest BCUT2D eigenvalue weighted by Gasteiger charge is -2.06. The maximum Gasteiger partial charge on any atom is 0.198 e. The Kier molecular flexibility index (Phi) is 2.43. The minimum absolute atomic E-state index is 0.386. The molecule has 0 amide bonds. The molecule has 1 aromatic heterocycles. The predicted molar refractivity (Wildman–Crippen MR) is 54.7 cm³/mol. The fraction of sp³-hybridized carbons (Fsp3) is 0. The number of rotatable bonds is 0. The van der Waals surface area contributed by atoms with Crippen LogP contribution in [0.3, 0.4) is 0 Å². The molecule has 0 fully saturated rings. The van der Waals surface area contributed by atoms with Crippen molar-refractivity contribution in [3.05, 3.63) is 34.9 Å². The lowest BCUT2D eigenvalue weighted by molar-refractivity contribution is 0.415. The number of fused-ring (bicyclic) bond motifs is 3. The van der Waals surface area contributed by atoms with Crippen molar-refractivity contribution in [2.45, 2.75) is 0 Å². The van der Waals surface area contributed by atoms with E-state index >= 15 is 0 Å². The number of aromatic nitrogens is 2. The van der Waals surface area contributed by atoms with E-state index in [9.17, 15) is 26.3 Å². The first kappa shape index (κ1) is 12.2. The van der Waals surface area contributed by atoms with Gasteiger partial charge in [0.15, 0.2) is 34.9 Å². The highest BCUT2D eigenvalue weighted by Gasteiger charge is 2.28. The third kappa shape index (κ3) is 1.38. The summed E-state index contributed by atoms with van der Waals surface area (Å²) in [6, 6.07) is 0. The lowest BCUT2D eigenvalue weighted by atomic mass is 10.1. The summed E-state index contributed by atoms with van der Waals surface area (Å²) in [6.45, 7) is 0. The molecule has 98 valence electrons. The van der Waals surface area contributed by atoms with E-state index in [1.807, 2.05) is 0 Å². The van der Waals surface area contributed by atoms with Crippen LogP contribution in [0.15, 0.2) is 0 Å². The molecule has 3 aromatic rings. The van der Waals surface area contributed by atoms with Crippen molar-refractivity contribution < 1.29 is 26.3 Å². The molecule has 2 aromatic carbocycles. The first-order valence-electron chi connectivity index (χ1n) is 4.69. The molecule has 3 rings (SSSR count). The maximum atomic E-state index is 13.6. The van der Waals surface area contributed by atoms with E-state index in [0.717, 1.165) is 0 Å². The highest BCUT2D eigenvalue weighted by Crippen LogP contribution is 2.36. The standard InChI is InChI=1S/C10F6N2S/c11-3-1-2(5(13)7(15)6(3)14)9-10(19-18-17-9)8(16)4(1)12. The van der Waals surface area contributed by atoms with Crippen LogP contribution >= 0.6 is 11.5 Å². The highest BCUT2D eigenvalue weighted by molar-refractivity contribution is 7.13. The second-order valence-electron chi connectivity index (χ2n) is 3.58. The van der Waals surface area contributed by atoms with Gasteiger partial charge in [-0.1, -0.05) is 4.49 Å². The van der Waals surface area contributed by atoms with Gasteiger partial charge in [-0.05, 0) is 11.5 Å². The summed E-state index contributed by atoms with van der Waals surface area (Å²) < 4.78 is 83.2. The second-order valence-corrected chi connectivity index (χ2v) is 4.34. The smallest absolute Gasteiger partial charge is 0.198 e. The Bertz CT molecular complexity index is 843. The van der Waals surface area contributed by atoms with E-state index in [1.165, 1.54) is 0 Å². The van der Waals surface area contributed by atoms with Crippen molar-refractivity contribution in [3.8, 4) is 0 Å². The molecule has 9 heteroatoms. The Morgan fingerprint density at radius 3 is 1.79 bits per heavy atom. The van der Waals surface area contributed by atoms with Gasteiger partial charge in [-0.25, -0.2) is 26.3 Å². The average Bonchev–Trinajstić information content (AvgIpc) is 2.87. The average molecular weight is 294 g/mol. The van der Waals surface area contributed by atoms with Gasteiger partial charge in [0.25, 0.3) is 0 Å². The summed E-state index contributed by atoms with van der Waals surface area (Å²) in [6.07, 6.45) is 0. The third-order valence-electron chi connectivity index (χ3n) is 2.60. The van der Waals surface area contributed by atoms with Crippen LogP contribution in [-0.4, -0.2) is 9.59 Å². The Balaban J connectivity index is 2.77. The fourth-order valence-corrected chi connectivity index (χ4v) is 2.37. The molecule has 0 atom stereocenters. The van der Waals surface area contributed by atoms with Crippen LogP contribution in [0.4, 0.5) is 26.3 Å². The van der Waals surface area contributed by atoms with Crippen molar-refractivity contribution in [2.75, 3.05) is 0 Å². The fourth-order valence-electron chi connectivity index (χ4n) is 1.77. The number of benzene rings is 2. The summed E-state index contributed by atoms with van der Waals surface area (Å²) in [5.74, 6) is -11.5. The van der Waals surface area contributed by atoms with Crippen molar-refractivity contribution in [2.24, 2.45) is 0 Å². The zero-order chi connectivity index (χ0) is 13.9. The molecule has 0 N–H and O–H groups in total. The van der Waals surface area contributed by atoms with Gasteiger partial charge < -0.3 is 0 Å². The summed E-state index contributed by atoms with van der Waals surface area (Å²) in [5, 5.41) is 0.990. The van der Waals surface area contributed by atoms with E-state index in [1.54, 1.807) is 0 Å². The Hall–Kier alpha value is -1.90. The zero-order valence-electron chi connectivity index (χ0n) is 8.57. The Morgan fingerprint density at radius 1 is 0.632 bits per heavy atom. The third-order valence-corrected chi connectivity index (χ3v) is 3.32. The van der Waals surface area contributed by atoms with E-state index < -0.39 is 55.9 Å². The van der Waals surface area contributed by atoms with Gasteiger partial charge >= 0.3 is 0 Å². The van der Waals surface area contributed by atoms with E-state index in [4.69, 9.17) is 0 Å².